The Hall–Kier alpha value is -1.33. The molecule has 14 heavy (non-hydrogen) atoms. The van der Waals surface area contributed by atoms with Crippen LogP contribution in [0.25, 0.3) is 0 Å². The largest absolute Gasteiger partial charge is 0.347 e. The van der Waals surface area contributed by atoms with Crippen LogP contribution >= 0.6 is 11.6 Å². The Bertz CT molecular complexity index is 399. The highest BCUT2D eigenvalue weighted by Crippen LogP contribution is 2.23. The maximum atomic E-state index is 5.97. The van der Waals surface area contributed by atoms with E-state index in [2.05, 4.69) is 15.1 Å². The molecule has 0 bridgehead atoms. The third-order valence-electron chi connectivity index (χ3n) is 2.05. The lowest BCUT2D eigenvalue weighted by molar-refractivity contribution is 0.656. The van der Waals surface area contributed by atoms with Crippen molar-refractivity contribution in [3.05, 3.63) is 35.1 Å². The van der Waals surface area contributed by atoms with Gasteiger partial charge in [-0.15, -0.1) is 0 Å². The Morgan fingerprint density at radius 3 is 2.93 bits per heavy atom. The van der Waals surface area contributed by atoms with Crippen molar-refractivity contribution in [1.82, 2.24) is 19.7 Å². The molecule has 6 heteroatoms. The number of aryl methyl sites for hydroxylation is 1. The second kappa shape index (κ2) is 3.43. The number of nitrogens with one attached hydrogen (secondary N) is 1. The molecule has 0 aliphatic heterocycles. The molecule has 0 saturated heterocycles. The van der Waals surface area contributed by atoms with E-state index < -0.39 is 0 Å². The number of H-pyrrole nitrogens is 1. The zero-order valence-electron chi connectivity index (χ0n) is 7.61. The minimum atomic E-state index is -0.370. The Morgan fingerprint density at radius 1 is 1.64 bits per heavy atom. The number of aromatic nitrogens is 4. The van der Waals surface area contributed by atoms with Gasteiger partial charge in [-0.25, -0.2) is 4.98 Å². The molecule has 0 fully saturated rings. The third kappa shape index (κ3) is 1.40. The summed E-state index contributed by atoms with van der Waals surface area (Å²) in [6, 6.07) is -0.370. The Labute approximate surface area is 85.9 Å². The van der Waals surface area contributed by atoms with Crippen molar-refractivity contribution in [3.8, 4) is 0 Å². The fourth-order valence-corrected chi connectivity index (χ4v) is 1.63. The van der Waals surface area contributed by atoms with Crippen molar-refractivity contribution in [3.63, 3.8) is 0 Å². The van der Waals surface area contributed by atoms with Crippen LogP contribution in [0.1, 0.15) is 17.6 Å². The Balaban J connectivity index is 2.41. The van der Waals surface area contributed by atoms with Gasteiger partial charge in [0.25, 0.3) is 0 Å². The molecule has 0 amide bonds. The summed E-state index contributed by atoms with van der Waals surface area (Å²) in [7, 11) is 1.80. The molecule has 2 heterocycles. The summed E-state index contributed by atoms with van der Waals surface area (Å²) in [5.74, 6) is 0.676. The normalized spacial score (nSPS) is 13.1. The van der Waals surface area contributed by atoms with Crippen molar-refractivity contribution in [2.75, 3.05) is 0 Å². The van der Waals surface area contributed by atoms with Crippen molar-refractivity contribution in [1.29, 1.82) is 0 Å². The molecule has 0 spiro atoms. The first kappa shape index (κ1) is 9.23. The van der Waals surface area contributed by atoms with Gasteiger partial charge in [0.05, 0.1) is 16.9 Å². The summed E-state index contributed by atoms with van der Waals surface area (Å²) in [5, 5.41) is 4.56. The van der Waals surface area contributed by atoms with Gasteiger partial charge in [-0.1, -0.05) is 11.6 Å². The first-order valence-electron chi connectivity index (χ1n) is 4.12. The number of hydrogen-bond donors (Lipinski definition) is 2. The number of nitrogens with zero attached hydrogens (tertiary/aromatic N) is 3. The van der Waals surface area contributed by atoms with Gasteiger partial charge in [0.2, 0.25) is 0 Å². The molecule has 0 saturated carbocycles. The Kier molecular flexibility index (Phi) is 2.26. The highest BCUT2D eigenvalue weighted by atomic mass is 35.5. The molecule has 0 aliphatic carbocycles. The van der Waals surface area contributed by atoms with Crippen LogP contribution in [0, 0.1) is 0 Å². The number of halogens is 1. The molecule has 0 radical (unpaired) electrons. The standard InChI is InChI=1S/C8H10ClN5/c1-14-7(5(9)4-13-14)6(10)8-11-2-3-12-8/h2-4,6H,10H2,1H3,(H,11,12). The van der Waals surface area contributed by atoms with E-state index in [4.69, 9.17) is 17.3 Å². The van der Waals surface area contributed by atoms with E-state index in [1.165, 1.54) is 0 Å². The monoisotopic (exact) mass is 211 g/mol. The van der Waals surface area contributed by atoms with Crippen molar-refractivity contribution in [2.45, 2.75) is 6.04 Å². The molecule has 2 aromatic rings. The van der Waals surface area contributed by atoms with Crippen LogP contribution in [0.15, 0.2) is 18.6 Å². The van der Waals surface area contributed by atoms with Gasteiger partial charge >= 0.3 is 0 Å². The lowest BCUT2D eigenvalue weighted by atomic mass is 10.2. The zero-order valence-corrected chi connectivity index (χ0v) is 8.36. The molecule has 2 aromatic heterocycles. The molecular weight excluding hydrogens is 202 g/mol. The second-order valence-corrected chi connectivity index (χ2v) is 3.36. The van der Waals surface area contributed by atoms with Gasteiger partial charge in [-0.3, -0.25) is 4.68 Å². The van der Waals surface area contributed by atoms with Crippen LogP contribution in [0.5, 0.6) is 0 Å². The second-order valence-electron chi connectivity index (χ2n) is 2.95. The van der Waals surface area contributed by atoms with Crippen molar-refractivity contribution >= 4 is 11.6 Å². The van der Waals surface area contributed by atoms with Crippen LogP contribution in [-0.4, -0.2) is 19.7 Å². The molecule has 5 nitrogen and oxygen atoms in total. The molecule has 1 atom stereocenters. The average Bonchev–Trinajstić information content (AvgIpc) is 2.75. The molecular formula is C8H10ClN5. The van der Waals surface area contributed by atoms with E-state index in [0.29, 0.717) is 10.8 Å². The van der Waals surface area contributed by atoms with Crippen LogP contribution in [0.2, 0.25) is 5.02 Å². The van der Waals surface area contributed by atoms with Gasteiger partial charge in [0.15, 0.2) is 0 Å². The highest BCUT2D eigenvalue weighted by Gasteiger charge is 2.18. The maximum absolute atomic E-state index is 5.97. The average molecular weight is 212 g/mol. The third-order valence-corrected chi connectivity index (χ3v) is 2.34. The first-order valence-corrected chi connectivity index (χ1v) is 4.50. The number of rotatable bonds is 2. The summed E-state index contributed by atoms with van der Waals surface area (Å²) in [6.45, 7) is 0. The molecule has 1 unspecified atom stereocenters. The summed E-state index contributed by atoms with van der Waals surface area (Å²) in [5.41, 5.74) is 6.72. The summed E-state index contributed by atoms with van der Waals surface area (Å²) >= 11 is 5.95. The highest BCUT2D eigenvalue weighted by molar-refractivity contribution is 6.31. The van der Waals surface area contributed by atoms with E-state index in [1.54, 1.807) is 30.3 Å². The van der Waals surface area contributed by atoms with Gasteiger partial charge in [-0.2, -0.15) is 5.10 Å². The van der Waals surface area contributed by atoms with E-state index in [-0.39, 0.29) is 6.04 Å². The molecule has 0 aliphatic rings. The predicted molar refractivity (Wildman–Crippen MR) is 52.8 cm³/mol. The molecule has 74 valence electrons. The van der Waals surface area contributed by atoms with E-state index in [9.17, 15) is 0 Å². The minimum absolute atomic E-state index is 0.370. The van der Waals surface area contributed by atoms with Crippen molar-refractivity contribution in [2.24, 2.45) is 12.8 Å². The van der Waals surface area contributed by atoms with E-state index in [0.717, 1.165) is 5.69 Å². The van der Waals surface area contributed by atoms with Gasteiger partial charge < -0.3 is 10.7 Å². The number of imidazole rings is 1. The smallest absolute Gasteiger partial charge is 0.129 e. The first-order chi connectivity index (χ1) is 6.70. The van der Waals surface area contributed by atoms with Crippen LogP contribution in [-0.2, 0) is 7.05 Å². The summed E-state index contributed by atoms with van der Waals surface area (Å²) < 4.78 is 1.65. The zero-order chi connectivity index (χ0) is 10.1. The van der Waals surface area contributed by atoms with Gasteiger partial charge in [-0.05, 0) is 0 Å². The fourth-order valence-electron chi connectivity index (χ4n) is 1.35. The quantitative estimate of drug-likeness (QED) is 0.774. The predicted octanol–water partition coefficient (Wildman–Crippen LogP) is 0.845. The van der Waals surface area contributed by atoms with Gasteiger partial charge in [0.1, 0.15) is 11.9 Å². The summed E-state index contributed by atoms with van der Waals surface area (Å²) in [6.07, 6.45) is 4.94. The molecule has 2 rings (SSSR count). The van der Waals surface area contributed by atoms with Crippen molar-refractivity contribution < 1.29 is 0 Å². The fraction of sp³-hybridized carbons (Fsp3) is 0.250. The number of aromatic amines is 1. The van der Waals surface area contributed by atoms with E-state index in [1.807, 2.05) is 0 Å². The minimum Gasteiger partial charge on any atom is -0.347 e. The van der Waals surface area contributed by atoms with Gasteiger partial charge in [0, 0.05) is 19.4 Å². The van der Waals surface area contributed by atoms with E-state index >= 15 is 0 Å². The lowest BCUT2D eigenvalue weighted by Gasteiger charge is -2.09. The molecule has 3 N–H and O–H groups in total. The molecule has 0 aromatic carbocycles. The van der Waals surface area contributed by atoms with Crippen LogP contribution in [0.3, 0.4) is 0 Å². The topological polar surface area (TPSA) is 72.5 Å². The number of nitrogens with two attached hydrogens (primary N) is 1. The maximum Gasteiger partial charge on any atom is 0.129 e. The van der Waals surface area contributed by atoms with Crippen LogP contribution < -0.4 is 5.73 Å². The number of hydrogen-bond acceptors (Lipinski definition) is 3. The summed E-state index contributed by atoms with van der Waals surface area (Å²) in [4.78, 5) is 7.02. The van der Waals surface area contributed by atoms with Crippen LogP contribution in [0.4, 0.5) is 0 Å². The Morgan fingerprint density at radius 2 is 2.43 bits per heavy atom. The lowest BCUT2D eigenvalue weighted by Crippen LogP contribution is -2.17. The SMILES string of the molecule is Cn1ncc(Cl)c1C(N)c1ncc[nH]1.